The van der Waals surface area contributed by atoms with Crippen molar-refractivity contribution in [1.82, 2.24) is 25.1 Å². The molecule has 2 aromatic heterocycles. The van der Waals surface area contributed by atoms with Gasteiger partial charge in [0.05, 0.1) is 5.69 Å². The lowest BCUT2D eigenvalue weighted by Gasteiger charge is -2.12. The molecule has 2 aromatic rings. The quantitative estimate of drug-likeness (QED) is 0.771. The van der Waals surface area contributed by atoms with Crippen LogP contribution in [0.15, 0.2) is 12.1 Å². The van der Waals surface area contributed by atoms with Crippen molar-refractivity contribution in [3.8, 4) is 0 Å². The van der Waals surface area contributed by atoms with Gasteiger partial charge in [-0.15, -0.1) is 10.2 Å². The smallest absolute Gasteiger partial charge is 0.177 e. The Morgan fingerprint density at radius 1 is 1.38 bits per heavy atom. The maximum Gasteiger partial charge on any atom is 0.177 e. The van der Waals surface area contributed by atoms with Crippen LogP contribution in [0.3, 0.4) is 0 Å². The molecule has 1 aliphatic heterocycles. The third-order valence-corrected chi connectivity index (χ3v) is 3.28. The van der Waals surface area contributed by atoms with Crippen LogP contribution in [0, 0.1) is 6.92 Å². The van der Waals surface area contributed by atoms with Crippen LogP contribution < -0.4 is 5.32 Å². The van der Waals surface area contributed by atoms with Gasteiger partial charge in [0.25, 0.3) is 0 Å². The van der Waals surface area contributed by atoms with Gasteiger partial charge in [0.1, 0.15) is 0 Å². The molecule has 1 saturated heterocycles. The van der Waals surface area contributed by atoms with Crippen LogP contribution in [0.25, 0.3) is 5.65 Å². The Hall–Kier alpha value is -1.49. The summed E-state index contributed by atoms with van der Waals surface area (Å²) in [6.07, 6.45) is 1.11. The molecule has 2 unspecified atom stereocenters. The second-order valence-electron chi connectivity index (χ2n) is 4.44. The molecule has 0 aromatic carbocycles. The fraction of sp³-hybridized carbons (Fsp3) is 0.545. The highest BCUT2D eigenvalue weighted by molar-refractivity contribution is 5.36. The molecule has 84 valence electrons. The Balaban J connectivity index is 2.12. The molecule has 0 radical (unpaired) electrons. The molecular weight excluding hydrogens is 202 g/mol. The third-order valence-electron chi connectivity index (χ3n) is 3.28. The highest BCUT2D eigenvalue weighted by Crippen LogP contribution is 2.25. The lowest BCUT2D eigenvalue weighted by molar-refractivity contribution is 0.553. The van der Waals surface area contributed by atoms with Crippen LogP contribution in [0.2, 0.25) is 0 Å². The lowest BCUT2D eigenvalue weighted by Crippen LogP contribution is -2.23. The van der Waals surface area contributed by atoms with E-state index in [-0.39, 0.29) is 0 Å². The van der Waals surface area contributed by atoms with Gasteiger partial charge < -0.3 is 5.32 Å². The Bertz CT molecular complexity index is 518. The minimum Gasteiger partial charge on any atom is -0.314 e. The molecule has 0 amide bonds. The van der Waals surface area contributed by atoms with Crippen molar-refractivity contribution in [2.24, 2.45) is 0 Å². The van der Waals surface area contributed by atoms with E-state index >= 15 is 0 Å². The predicted molar refractivity (Wildman–Crippen MR) is 60.3 cm³/mol. The first kappa shape index (κ1) is 9.72. The van der Waals surface area contributed by atoms with Crippen molar-refractivity contribution in [1.29, 1.82) is 0 Å². The van der Waals surface area contributed by atoms with E-state index < -0.39 is 0 Å². The largest absolute Gasteiger partial charge is 0.314 e. The number of nitrogens with zero attached hydrogens (tertiary/aromatic N) is 4. The second kappa shape index (κ2) is 3.52. The molecule has 0 bridgehead atoms. The van der Waals surface area contributed by atoms with E-state index in [2.05, 4.69) is 27.5 Å². The fourth-order valence-corrected chi connectivity index (χ4v) is 2.34. The van der Waals surface area contributed by atoms with E-state index in [1.165, 1.54) is 0 Å². The molecular formula is C11H15N5. The summed E-state index contributed by atoms with van der Waals surface area (Å²) in [4.78, 5) is 0. The molecule has 3 heterocycles. The van der Waals surface area contributed by atoms with E-state index in [0.717, 1.165) is 30.1 Å². The Kier molecular flexibility index (Phi) is 2.14. The summed E-state index contributed by atoms with van der Waals surface area (Å²) >= 11 is 0. The highest BCUT2D eigenvalue weighted by Gasteiger charge is 2.28. The van der Waals surface area contributed by atoms with Crippen LogP contribution in [0.4, 0.5) is 0 Å². The molecule has 5 nitrogen and oxygen atoms in total. The van der Waals surface area contributed by atoms with Crippen LogP contribution in [-0.4, -0.2) is 32.4 Å². The SMILES string of the molecule is Cc1ccc2nnc(C3CCNC3C)n2n1. The lowest BCUT2D eigenvalue weighted by atomic mass is 10.0. The molecule has 5 heteroatoms. The van der Waals surface area contributed by atoms with Crippen molar-refractivity contribution in [3.63, 3.8) is 0 Å². The average molecular weight is 217 g/mol. The molecule has 1 aliphatic rings. The van der Waals surface area contributed by atoms with E-state index in [0.29, 0.717) is 12.0 Å². The van der Waals surface area contributed by atoms with Crippen molar-refractivity contribution in [2.45, 2.75) is 32.2 Å². The first-order chi connectivity index (χ1) is 7.75. The Morgan fingerprint density at radius 3 is 3.00 bits per heavy atom. The molecule has 16 heavy (non-hydrogen) atoms. The number of fused-ring (bicyclic) bond motifs is 1. The van der Waals surface area contributed by atoms with Gasteiger partial charge in [-0.3, -0.25) is 0 Å². The number of hydrogen-bond donors (Lipinski definition) is 1. The topological polar surface area (TPSA) is 55.1 Å². The predicted octanol–water partition coefficient (Wildman–Crippen LogP) is 0.898. The van der Waals surface area contributed by atoms with Crippen molar-refractivity contribution in [2.75, 3.05) is 6.54 Å². The van der Waals surface area contributed by atoms with Crippen LogP contribution in [0.5, 0.6) is 0 Å². The molecule has 0 spiro atoms. The number of rotatable bonds is 1. The monoisotopic (exact) mass is 217 g/mol. The Labute approximate surface area is 93.9 Å². The van der Waals surface area contributed by atoms with E-state index in [9.17, 15) is 0 Å². The minimum atomic E-state index is 0.421. The summed E-state index contributed by atoms with van der Waals surface area (Å²) in [7, 11) is 0. The van der Waals surface area contributed by atoms with Crippen molar-refractivity contribution < 1.29 is 0 Å². The zero-order valence-corrected chi connectivity index (χ0v) is 9.51. The first-order valence-corrected chi connectivity index (χ1v) is 5.68. The van der Waals surface area contributed by atoms with Gasteiger partial charge in [0, 0.05) is 12.0 Å². The number of aryl methyl sites for hydroxylation is 1. The van der Waals surface area contributed by atoms with Gasteiger partial charge in [-0.2, -0.15) is 9.61 Å². The maximum atomic E-state index is 4.48. The van der Waals surface area contributed by atoms with E-state index in [4.69, 9.17) is 0 Å². The van der Waals surface area contributed by atoms with Gasteiger partial charge in [0.2, 0.25) is 0 Å². The molecule has 0 aliphatic carbocycles. The molecule has 2 atom stereocenters. The molecule has 1 fully saturated rings. The van der Waals surface area contributed by atoms with Gasteiger partial charge >= 0.3 is 0 Å². The summed E-state index contributed by atoms with van der Waals surface area (Å²) in [5, 5.41) is 16.3. The normalized spacial score (nSPS) is 25.4. The summed E-state index contributed by atoms with van der Waals surface area (Å²) in [6, 6.07) is 4.38. The van der Waals surface area contributed by atoms with Crippen LogP contribution in [0.1, 0.15) is 30.8 Å². The van der Waals surface area contributed by atoms with Gasteiger partial charge in [-0.25, -0.2) is 0 Å². The fourth-order valence-electron chi connectivity index (χ4n) is 2.34. The molecule has 0 saturated carbocycles. The van der Waals surface area contributed by atoms with Crippen LogP contribution in [-0.2, 0) is 0 Å². The number of aromatic nitrogens is 4. The summed E-state index contributed by atoms with van der Waals surface area (Å²) < 4.78 is 1.88. The standard InChI is InChI=1S/C11H15N5/c1-7-3-4-10-13-14-11(16(10)15-7)9-5-6-12-8(9)2/h3-4,8-9,12H,5-6H2,1-2H3. The highest BCUT2D eigenvalue weighted by atomic mass is 15.4. The Morgan fingerprint density at radius 2 is 2.25 bits per heavy atom. The molecule has 1 N–H and O–H groups in total. The zero-order chi connectivity index (χ0) is 11.1. The number of nitrogens with one attached hydrogen (secondary N) is 1. The number of hydrogen-bond acceptors (Lipinski definition) is 4. The van der Waals surface area contributed by atoms with Gasteiger partial charge in [0.15, 0.2) is 11.5 Å². The van der Waals surface area contributed by atoms with Crippen LogP contribution >= 0.6 is 0 Å². The van der Waals surface area contributed by atoms with Crippen molar-refractivity contribution >= 4 is 5.65 Å². The average Bonchev–Trinajstić information content (AvgIpc) is 2.83. The van der Waals surface area contributed by atoms with Gasteiger partial charge in [-0.05, 0) is 38.9 Å². The van der Waals surface area contributed by atoms with Gasteiger partial charge in [-0.1, -0.05) is 0 Å². The summed E-state index contributed by atoms with van der Waals surface area (Å²) in [5.41, 5.74) is 1.83. The second-order valence-corrected chi connectivity index (χ2v) is 4.44. The first-order valence-electron chi connectivity index (χ1n) is 5.68. The molecule has 3 rings (SSSR count). The van der Waals surface area contributed by atoms with Crippen molar-refractivity contribution in [3.05, 3.63) is 23.7 Å². The maximum absolute atomic E-state index is 4.48. The zero-order valence-electron chi connectivity index (χ0n) is 9.51. The summed E-state index contributed by atoms with van der Waals surface area (Å²) in [5.74, 6) is 1.40. The summed E-state index contributed by atoms with van der Waals surface area (Å²) in [6.45, 7) is 5.22. The van der Waals surface area contributed by atoms with E-state index in [1.807, 2.05) is 23.6 Å². The third kappa shape index (κ3) is 1.39. The van der Waals surface area contributed by atoms with E-state index in [1.54, 1.807) is 0 Å². The minimum absolute atomic E-state index is 0.421.